The van der Waals surface area contributed by atoms with Crippen LogP contribution in [0.1, 0.15) is 11.1 Å². The molecule has 1 amide bonds. The Morgan fingerprint density at radius 2 is 1.89 bits per heavy atom. The Hall–Kier alpha value is -1.34. The molecule has 1 aromatic rings. The molecule has 0 aromatic heterocycles. The zero-order valence-corrected chi connectivity index (χ0v) is 16.8. The lowest BCUT2D eigenvalue weighted by atomic mass is 9.45. The number of amides is 1. The summed E-state index contributed by atoms with van der Waals surface area (Å²) in [5.74, 6) is 2.21. The third-order valence-corrected chi connectivity index (χ3v) is 4.44. The van der Waals surface area contributed by atoms with E-state index in [0.29, 0.717) is 31.3 Å². The van der Waals surface area contributed by atoms with E-state index in [1.807, 2.05) is 4.90 Å². The first-order valence-electron chi connectivity index (χ1n) is 8.30. The van der Waals surface area contributed by atoms with Crippen molar-refractivity contribution in [2.24, 2.45) is 0 Å². The van der Waals surface area contributed by atoms with Crippen molar-refractivity contribution in [3.05, 3.63) is 29.3 Å². The largest absolute Gasteiger partial charge is 0.445 e. The predicted molar refractivity (Wildman–Crippen MR) is 103 cm³/mol. The van der Waals surface area contributed by atoms with Gasteiger partial charge in [-0.1, -0.05) is 34.8 Å². The molecule has 1 aliphatic rings. The molecule has 5 nitrogen and oxygen atoms in total. The lowest BCUT2D eigenvalue weighted by Gasteiger charge is -2.28. The maximum atomic E-state index is 13.2. The number of alkyl halides is 6. The van der Waals surface area contributed by atoms with E-state index in [1.165, 1.54) is 6.07 Å². The molecule has 0 atom stereocenters. The lowest BCUT2D eigenvalue weighted by Crippen LogP contribution is -2.36. The summed E-state index contributed by atoms with van der Waals surface area (Å²) in [5.41, 5.74) is -0.596. The number of anilines is 1. The Morgan fingerprint density at radius 3 is 2.43 bits per heavy atom. The molecule has 1 aromatic carbocycles. The van der Waals surface area contributed by atoms with Gasteiger partial charge in [0.2, 0.25) is 3.79 Å². The smallest absolute Gasteiger partial charge is 0.416 e. The Balaban J connectivity index is 2.12. The molecule has 12 heteroatoms. The molecule has 152 valence electrons. The zero-order chi connectivity index (χ0) is 20.9. The van der Waals surface area contributed by atoms with Gasteiger partial charge in [-0.25, -0.2) is 10.1 Å². The average molecular weight is 456 g/mol. The van der Waals surface area contributed by atoms with Gasteiger partial charge in [-0.2, -0.15) is 13.2 Å². The highest BCUT2D eigenvalue weighted by Crippen LogP contribution is 2.33. The first kappa shape index (κ1) is 22.9. The Bertz CT molecular complexity index is 745. The van der Waals surface area contributed by atoms with Gasteiger partial charge in [0.25, 0.3) is 6.71 Å². The molecule has 2 rings (SSSR count). The van der Waals surface area contributed by atoms with Crippen LogP contribution in [0, 0.1) is 11.2 Å². The van der Waals surface area contributed by atoms with E-state index >= 15 is 0 Å². The van der Waals surface area contributed by atoms with Crippen molar-refractivity contribution >= 4 is 53.3 Å². The third-order valence-electron chi connectivity index (χ3n) is 4.11. The van der Waals surface area contributed by atoms with Gasteiger partial charge in [0, 0.05) is 18.2 Å². The minimum absolute atomic E-state index is 0.0253. The van der Waals surface area contributed by atoms with Crippen molar-refractivity contribution < 1.29 is 22.7 Å². The van der Waals surface area contributed by atoms with E-state index in [2.05, 4.69) is 16.0 Å². The zero-order valence-electron chi connectivity index (χ0n) is 14.5. The number of nitrogens with one attached hydrogen (secondary N) is 1. The van der Waals surface area contributed by atoms with Crippen molar-refractivity contribution in [3.63, 3.8) is 0 Å². The summed E-state index contributed by atoms with van der Waals surface area (Å²) in [6.07, 6.45) is -4.28. The molecule has 1 heterocycles. The molecule has 0 radical (unpaired) electrons. The number of rotatable bonds is 4. The molecule has 1 saturated heterocycles. The maximum Gasteiger partial charge on any atom is 0.416 e. The highest BCUT2D eigenvalue weighted by atomic mass is 35.6. The van der Waals surface area contributed by atoms with E-state index in [-0.39, 0.29) is 18.9 Å². The van der Waals surface area contributed by atoms with Crippen molar-refractivity contribution in [1.29, 1.82) is 5.26 Å². The van der Waals surface area contributed by atoms with Crippen LogP contribution in [0.3, 0.4) is 0 Å². The quantitative estimate of drug-likeness (QED) is 0.512. The van der Waals surface area contributed by atoms with Gasteiger partial charge in [-0.05, 0) is 49.5 Å². The monoisotopic (exact) mass is 455 g/mol. The summed E-state index contributed by atoms with van der Waals surface area (Å²) in [6, 6.07) is 3.28. The number of carbonyl (C=O) groups excluding carboxylic acids is 1. The van der Waals surface area contributed by atoms with Crippen molar-refractivity contribution in [1.82, 2.24) is 4.90 Å². The fourth-order valence-corrected chi connectivity index (χ4v) is 2.96. The molecule has 0 aliphatic carbocycles. The number of nitrogens with zero attached hydrogens (tertiary/aromatic N) is 2. The standard InChI is InChI=1S/C16H16BCl3F3N3O2/c18-15(19,20)9-28-14(27)25-13-6-11(5-12(7-13)16(21,22)23)8-26-3-1-17(10-24)2-4-26/h5-7H,1-4,8-9H2,(H,25,27). The van der Waals surface area contributed by atoms with Gasteiger partial charge < -0.3 is 9.64 Å². The summed E-state index contributed by atoms with van der Waals surface area (Å²) < 4.78 is 42.5. The summed E-state index contributed by atoms with van der Waals surface area (Å²) in [5, 5.41) is 11.2. The van der Waals surface area contributed by atoms with Crippen LogP contribution in [-0.2, 0) is 17.5 Å². The van der Waals surface area contributed by atoms with Gasteiger partial charge in [0.15, 0.2) is 0 Å². The third kappa shape index (κ3) is 7.59. The van der Waals surface area contributed by atoms with E-state index in [0.717, 1.165) is 12.1 Å². The second-order valence-electron chi connectivity index (χ2n) is 6.41. The number of benzene rings is 1. The Kier molecular flexibility index (Phi) is 7.74. The SMILES string of the molecule is N#CB1CCN(Cc2cc(NC(=O)OCC(Cl)(Cl)Cl)cc(C(F)(F)F)c2)CC1. The summed E-state index contributed by atoms with van der Waals surface area (Å²) in [6.45, 7) is 0.913. The van der Waals surface area contributed by atoms with Crippen LogP contribution < -0.4 is 5.32 Å². The molecule has 0 spiro atoms. The summed E-state index contributed by atoms with van der Waals surface area (Å²) in [7, 11) is 0. The number of nitriles is 1. The van der Waals surface area contributed by atoms with Gasteiger partial charge in [-0.15, -0.1) is 0 Å². The van der Waals surface area contributed by atoms with Crippen LogP contribution in [0.15, 0.2) is 18.2 Å². The number of hydrogen-bond donors (Lipinski definition) is 1. The molecular formula is C16H16BCl3F3N3O2. The molecule has 1 aliphatic heterocycles. The van der Waals surface area contributed by atoms with E-state index in [4.69, 9.17) is 40.1 Å². The van der Waals surface area contributed by atoms with Crippen LogP contribution >= 0.6 is 34.8 Å². The Labute approximate surface area is 175 Å². The minimum Gasteiger partial charge on any atom is -0.445 e. The second kappa shape index (κ2) is 9.44. The number of hydrogen-bond acceptors (Lipinski definition) is 4. The fourth-order valence-electron chi connectivity index (χ4n) is 2.80. The van der Waals surface area contributed by atoms with Crippen molar-refractivity contribution in [2.75, 3.05) is 25.0 Å². The lowest BCUT2D eigenvalue weighted by molar-refractivity contribution is -0.137. The molecule has 28 heavy (non-hydrogen) atoms. The number of carbonyl (C=O) groups is 1. The van der Waals surface area contributed by atoms with E-state index in [1.54, 1.807) is 0 Å². The number of halogens is 6. The predicted octanol–water partition coefficient (Wildman–Crippen LogP) is 5.00. The fraction of sp³-hybridized carbons (Fsp3) is 0.500. The van der Waals surface area contributed by atoms with Crippen molar-refractivity contribution in [3.8, 4) is 5.97 Å². The normalized spacial score (nSPS) is 15.8. The molecule has 0 bridgehead atoms. The Morgan fingerprint density at radius 1 is 1.25 bits per heavy atom. The second-order valence-corrected chi connectivity index (χ2v) is 8.93. The summed E-state index contributed by atoms with van der Waals surface area (Å²) >= 11 is 16.4. The van der Waals surface area contributed by atoms with Crippen molar-refractivity contribution in [2.45, 2.75) is 29.2 Å². The van der Waals surface area contributed by atoms with E-state index < -0.39 is 28.2 Å². The first-order chi connectivity index (χ1) is 13.0. The van der Waals surface area contributed by atoms with Gasteiger partial charge in [0.1, 0.15) is 6.61 Å². The van der Waals surface area contributed by atoms with E-state index in [9.17, 15) is 18.0 Å². The van der Waals surface area contributed by atoms with Crippen LogP contribution in [0.2, 0.25) is 12.6 Å². The number of ether oxygens (including phenoxy) is 1. The minimum atomic E-state index is -4.58. The van der Waals surface area contributed by atoms with Crippen LogP contribution in [0.5, 0.6) is 0 Å². The maximum absolute atomic E-state index is 13.2. The first-order valence-corrected chi connectivity index (χ1v) is 9.43. The van der Waals surface area contributed by atoms with Gasteiger partial charge in [0.05, 0.1) is 5.56 Å². The topological polar surface area (TPSA) is 65.4 Å². The van der Waals surface area contributed by atoms with Gasteiger partial charge in [-0.3, -0.25) is 5.32 Å². The molecule has 0 unspecified atom stereocenters. The molecule has 1 N–H and O–H groups in total. The van der Waals surface area contributed by atoms with Crippen LogP contribution in [0.25, 0.3) is 0 Å². The average Bonchev–Trinajstić information content (AvgIpc) is 2.59. The molecular weight excluding hydrogens is 440 g/mol. The van der Waals surface area contributed by atoms with Gasteiger partial charge >= 0.3 is 12.3 Å². The highest BCUT2D eigenvalue weighted by molar-refractivity contribution is 6.67. The molecule has 0 saturated carbocycles. The highest BCUT2D eigenvalue weighted by Gasteiger charge is 2.32. The van der Waals surface area contributed by atoms with Crippen LogP contribution in [-0.4, -0.2) is 41.2 Å². The van der Waals surface area contributed by atoms with Crippen LogP contribution in [0.4, 0.5) is 23.7 Å². The summed E-state index contributed by atoms with van der Waals surface area (Å²) in [4.78, 5) is 13.7. The molecule has 1 fully saturated rings.